The van der Waals surface area contributed by atoms with E-state index in [0.717, 1.165) is 18.9 Å². The lowest BCUT2D eigenvalue weighted by Crippen LogP contribution is -2.35. The molecule has 0 unspecified atom stereocenters. The molecule has 4 nitrogen and oxygen atoms in total. The Kier molecular flexibility index (Phi) is 3.40. The Morgan fingerprint density at radius 2 is 2.16 bits per heavy atom. The van der Waals surface area contributed by atoms with Gasteiger partial charge in [0.25, 0.3) is 0 Å². The highest BCUT2D eigenvalue weighted by Crippen LogP contribution is 2.45. The van der Waals surface area contributed by atoms with E-state index in [1.54, 1.807) is 6.20 Å². The molecule has 1 saturated heterocycles. The first kappa shape index (κ1) is 12.5. The molecular formula is C15H21N3O. The molecule has 3 rings (SSSR count). The number of carbonyl (C=O) groups is 1. The lowest BCUT2D eigenvalue weighted by atomic mass is 9.86. The Morgan fingerprint density at radius 1 is 1.32 bits per heavy atom. The average molecular weight is 259 g/mol. The summed E-state index contributed by atoms with van der Waals surface area (Å²) in [5, 5.41) is 3.10. The zero-order valence-corrected chi connectivity index (χ0v) is 11.3. The van der Waals surface area contributed by atoms with Crippen LogP contribution >= 0.6 is 0 Å². The van der Waals surface area contributed by atoms with Crippen LogP contribution in [-0.4, -0.2) is 35.4 Å². The number of hydrogen-bond donors (Lipinski definition) is 1. The normalized spacial score (nSPS) is 20.9. The standard InChI is InChI=1S/C15H21N3O/c19-14(11-17-13-5-1-4-9-16-13)18-10-8-15(12-18)6-2-3-7-15/h1,4-5,9H,2-3,6-8,10-12H2,(H,16,17). The molecule has 19 heavy (non-hydrogen) atoms. The van der Waals surface area contributed by atoms with Gasteiger partial charge in [0.15, 0.2) is 0 Å². The Hall–Kier alpha value is -1.58. The SMILES string of the molecule is O=C(CNc1ccccn1)N1CCC2(CCCC2)C1. The van der Waals surface area contributed by atoms with Gasteiger partial charge in [0.1, 0.15) is 5.82 Å². The molecule has 1 saturated carbocycles. The van der Waals surface area contributed by atoms with Gasteiger partial charge >= 0.3 is 0 Å². The second-order valence-electron chi connectivity index (χ2n) is 5.84. The van der Waals surface area contributed by atoms with E-state index in [1.807, 2.05) is 23.1 Å². The molecule has 1 aliphatic heterocycles. The fraction of sp³-hybridized carbons (Fsp3) is 0.600. The van der Waals surface area contributed by atoms with Crippen LogP contribution in [0.5, 0.6) is 0 Å². The fourth-order valence-corrected chi connectivity index (χ4v) is 3.43. The second kappa shape index (κ2) is 5.19. The maximum Gasteiger partial charge on any atom is 0.241 e. The smallest absolute Gasteiger partial charge is 0.241 e. The second-order valence-corrected chi connectivity index (χ2v) is 5.84. The highest BCUT2D eigenvalue weighted by Gasteiger charge is 2.41. The first-order valence-corrected chi connectivity index (χ1v) is 7.20. The number of hydrogen-bond acceptors (Lipinski definition) is 3. The van der Waals surface area contributed by atoms with Crippen molar-refractivity contribution in [2.75, 3.05) is 25.0 Å². The quantitative estimate of drug-likeness (QED) is 0.906. The van der Waals surface area contributed by atoms with Crippen molar-refractivity contribution in [3.8, 4) is 0 Å². The minimum absolute atomic E-state index is 0.203. The molecule has 0 aromatic carbocycles. The van der Waals surface area contributed by atoms with Crippen LogP contribution < -0.4 is 5.32 Å². The lowest BCUT2D eigenvalue weighted by Gasteiger charge is -2.23. The molecule has 0 bridgehead atoms. The van der Waals surface area contributed by atoms with E-state index < -0.39 is 0 Å². The molecule has 0 radical (unpaired) electrons. The predicted molar refractivity (Wildman–Crippen MR) is 74.8 cm³/mol. The summed E-state index contributed by atoms with van der Waals surface area (Å²) in [6.07, 6.45) is 8.23. The van der Waals surface area contributed by atoms with Crippen molar-refractivity contribution >= 4 is 11.7 Å². The molecule has 102 valence electrons. The van der Waals surface area contributed by atoms with Crippen molar-refractivity contribution in [2.24, 2.45) is 5.41 Å². The van der Waals surface area contributed by atoms with Gasteiger partial charge in [-0.15, -0.1) is 0 Å². The summed E-state index contributed by atoms with van der Waals surface area (Å²) in [7, 11) is 0. The summed E-state index contributed by atoms with van der Waals surface area (Å²) in [4.78, 5) is 18.4. The fourth-order valence-electron chi connectivity index (χ4n) is 3.43. The van der Waals surface area contributed by atoms with Gasteiger partial charge < -0.3 is 10.2 Å². The van der Waals surface area contributed by atoms with Crippen LogP contribution in [0.4, 0.5) is 5.82 Å². The van der Waals surface area contributed by atoms with Crippen molar-refractivity contribution in [2.45, 2.75) is 32.1 Å². The zero-order valence-electron chi connectivity index (χ0n) is 11.3. The van der Waals surface area contributed by atoms with E-state index in [2.05, 4.69) is 10.3 Å². The van der Waals surface area contributed by atoms with E-state index in [-0.39, 0.29) is 5.91 Å². The minimum Gasteiger partial charge on any atom is -0.361 e. The first-order valence-electron chi connectivity index (χ1n) is 7.20. The Bertz CT molecular complexity index is 440. The van der Waals surface area contributed by atoms with Crippen LogP contribution in [-0.2, 0) is 4.79 Å². The number of anilines is 1. The maximum absolute atomic E-state index is 12.2. The topological polar surface area (TPSA) is 45.2 Å². The molecule has 4 heteroatoms. The largest absolute Gasteiger partial charge is 0.361 e. The van der Waals surface area contributed by atoms with Gasteiger partial charge in [-0.25, -0.2) is 4.98 Å². The number of nitrogens with zero attached hydrogens (tertiary/aromatic N) is 2. The van der Waals surface area contributed by atoms with Crippen molar-refractivity contribution in [1.29, 1.82) is 0 Å². The summed E-state index contributed by atoms with van der Waals surface area (Å²) < 4.78 is 0. The number of nitrogens with one attached hydrogen (secondary N) is 1. The average Bonchev–Trinajstić information content (AvgIpc) is 3.08. The number of pyridine rings is 1. The van der Waals surface area contributed by atoms with Crippen LogP contribution in [0.2, 0.25) is 0 Å². The third-order valence-electron chi connectivity index (χ3n) is 4.54. The predicted octanol–water partition coefficient (Wildman–Crippen LogP) is 2.29. The van der Waals surface area contributed by atoms with Gasteiger partial charge in [-0.3, -0.25) is 4.79 Å². The summed E-state index contributed by atoms with van der Waals surface area (Å²) in [6.45, 7) is 2.26. The van der Waals surface area contributed by atoms with E-state index in [4.69, 9.17) is 0 Å². The molecule has 1 amide bonds. The molecule has 1 aliphatic carbocycles. The Labute approximate surface area is 114 Å². The van der Waals surface area contributed by atoms with Gasteiger partial charge in [0, 0.05) is 19.3 Å². The van der Waals surface area contributed by atoms with Crippen molar-refractivity contribution in [3.05, 3.63) is 24.4 Å². The van der Waals surface area contributed by atoms with Crippen molar-refractivity contribution in [3.63, 3.8) is 0 Å². The summed E-state index contributed by atoms with van der Waals surface area (Å²) in [6, 6.07) is 5.68. The molecule has 2 heterocycles. The molecule has 1 aromatic rings. The van der Waals surface area contributed by atoms with Crippen LogP contribution in [0.1, 0.15) is 32.1 Å². The van der Waals surface area contributed by atoms with E-state index in [9.17, 15) is 4.79 Å². The molecule has 0 atom stereocenters. The third kappa shape index (κ3) is 2.72. The monoisotopic (exact) mass is 259 g/mol. The number of rotatable bonds is 3. The van der Waals surface area contributed by atoms with Crippen molar-refractivity contribution in [1.82, 2.24) is 9.88 Å². The van der Waals surface area contributed by atoms with Gasteiger partial charge in [0.05, 0.1) is 6.54 Å². The number of amides is 1. The van der Waals surface area contributed by atoms with Crippen LogP contribution in [0.25, 0.3) is 0 Å². The van der Waals surface area contributed by atoms with E-state index in [0.29, 0.717) is 12.0 Å². The highest BCUT2D eigenvalue weighted by atomic mass is 16.2. The molecule has 2 fully saturated rings. The third-order valence-corrected chi connectivity index (χ3v) is 4.54. The van der Waals surface area contributed by atoms with Crippen LogP contribution in [0.15, 0.2) is 24.4 Å². The molecule has 1 aromatic heterocycles. The maximum atomic E-state index is 12.2. The molecule has 2 aliphatic rings. The summed E-state index contributed by atoms with van der Waals surface area (Å²) >= 11 is 0. The molecule has 1 spiro atoms. The summed E-state index contributed by atoms with van der Waals surface area (Å²) in [5.41, 5.74) is 0.459. The number of carbonyl (C=O) groups excluding carboxylic acids is 1. The first-order chi connectivity index (χ1) is 9.27. The Balaban J connectivity index is 1.51. The van der Waals surface area contributed by atoms with Gasteiger partial charge in [-0.1, -0.05) is 18.9 Å². The van der Waals surface area contributed by atoms with E-state index in [1.165, 1.54) is 32.1 Å². The van der Waals surface area contributed by atoms with Crippen molar-refractivity contribution < 1.29 is 4.79 Å². The molecular weight excluding hydrogens is 238 g/mol. The highest BCUT2D eigenvalue weighted by molar-refractivity contribution is 5.80. The van der Waals surface area contributed by atoms with Gasteiger partial charge in [-0.05, 0) is 36.8 Å². The number of aromatic nitrogens is 1. The van der Waals surface area contributed by atoms with E-state index >= 15 is 0 Å². The lowest BCUT2D eigenvalue weighted by molar-refractivity contribution is -0.128. The van der Waals surface area contributed by atoms with Gasteiger partial charge in [-0.2, -0.15) is 0 Å². The van der Waals surface area contributed by atoms with Gasteiger partial charge in [0.2, 0.25) is 5.91 Å². The van der Waals surface area contributed by atoms with Crippen LogP contribution in [0.3, 0.4) is 0 Å². The number of likely N-dealkylation sites (tertiary alicyclic amines) is 1. The zero-order chi connectivity index (χ0) is 13.1. The summed E-state index contributed by atoms with van der Waals surface area (Å²) in [5.74, 6) is 0.972. The Morgan fingerprint density at radius 3 is 2.89 bits per heavy atom. The van der Waals surface area contributed by atoms with Crippen LogP contribution in [0, 0.1) is 5.41 Å². The molecule has 1 N–H and O–H groups in total. The minimum atomic E-state index is 0.203.